The average Bonchev–Trinajstić information content (AvgIpc) is 2.60. The molecule has 0 aromatic heterocycles. The van der Waals surface area contributed by atoms with Crippen LogP contribution < -0.4 is 15.0 Å². The molecule has 6 heteroatoms. The van der Waals surface area contributed by atoms with Crippen molar-refractivity contribution < 1.29 is 19.1 Å². The van der Waals surface area contributed by atoms with Gasteiger partial charge in [0.25, 0.3) is 5.91 Å². The Hall–Kier alpha value is -3.15. The minimum absolute atomic E-state index is 0.0808. The maximum absolute atomic E-state index is 12.5. The first-order chi connectivity index (χ1) is 12.3. The number of ether oxygens (including phenoxy) is 1. The molecule has 1 atom stereocenters. The summed E-state index contributed by atoms with van der Waals surface area (Å²) in [4.78, 5) is 37.9. The number of fused-ring (bicyclic) bond motifs is 1. The first-order valence-electron chi connectivity index (χ1n) is 8.34. The fourth-order valence-corrected chi connectivity index (χ4v) is 2.84. The predicted octanol–water partition coefficient (Wildman–Crippen LogP) is 2.95. The van der Waals surface area contributed by atoms with Crippen LogP contribution in [0.15, 0.2) is 42.5 Å². The van der Waals surface area contributed by atoms with Crippen molar-refractivity contribution in [2.24, 2.45) is 0 Å². The fraction of sp³-hybridized carbons (Fsp3) is 0.250. The number of benzene rings is 2. The number of carbonyl (C=O) groups is 3. The van der Waals surface area contributed by atoms with Gasteiger partial charge in [0.1, 0.15) is 12.3 Å². The summed E-state index contributed by atoms with van der Waals surface area (Å²) in [6.45, 7) is 4.90. The lowest BCUT2D eigenvalue weighted by Gasteiger charge is -2.32. The summed E-state index contributed by atoms with van der Waals surface area (Å²) in [5.74, 6) is -0.117. The number of carbonyl (C=O) groups excluding carboxylic acids is 3. The Balaban J connectivity index is 1.80. The second-order valence-electron chi connectivity index (χ2n) is 6.34. The normalized spacial score (nSPS) is 15.9. The van der Waals surface area contributed by atoms with Crippen molar-refractivity contribution >= 4 is 29.0 Å². The third-order valence-corrected chi connectivity index (χ3v) is 4.18. The number of hydrogen-bond acceptors (Lipinski definition) is 4. The minimum atomic E-state index is -0.654. The van der Waals surface area contributed by atoms with Crippen LogP contribution in [-0.2, 0) is 9.59 Å². The van der Waals surface area contributed by atoms with Crippen molar-refractivity contribution in [3.05, 3.63) is 53.6 Å². The summed E-state index contributed by atoms with van der Waals surface area (Å²) in [7, 11) is 0. The maximum Gasteiger partial charge on any atom is 0.268 e. The Morgan fingerprint density at radius 1 is 1.19 bits per heavy atom. The highest BCUT2D eigenvalue weighted by molar-refractivity contribution is 6.06. The van der Waals surface area contributed by atoms with E-state index in [9.17, 15) is 14.4 Å². The molecule has 1 N–H and O–H groups in total. The van der Waals surface area contributed by atoms with Crippen molar-refractivity contribution in [1.29, 1.82) is 0 Å². The van der Waals surface area contributed by atoms with E-state index in [0.29, 0.717) is 22.7 Å². The summed E-state index contributed by atoms with van der Waals surface area (Å²) in [5, 5.41) is 2.74. The molecule has 0 bridgehead atoms. The van der Waals surface area contributed by atoms with Gasteiger partial charge in [-0.15, -0.1) is 0 Å². The molecule has 1 heterocycles. The largest absolute Gasteiger partial charge is 0.479 e. The molecule has 1 aliphatic rings. The zero-order valence-corrected chi connectivity index (χ0v) is 14.9. The number of nitrogens with zero attached hydrogens (tertiary/aromatic N) is 1. The van der Waals surface area contributed by atoms with Crippen LogP contribution in [-0.4, -0.2) is 30.2 Å². The van der Waals surface area contributed by atoms with E-state index < -0.39 is 6.10 Å². The molecule has 2 aromatic carbocycles. The summed E-state index contributed by atoms with van der Waals surface area (Å²) in [6.07, 6.45) is -0.654. The van der Waals surface area contributed by atoms with Gasteiger partial charge in [0.2, 0.25) is 5.91 Å². The van der Waals surface area contributed by atoms with Gasteiger partial charge in [0, 0.05) is 11.3 Å². The van der Waals surface area contributed by atoms with Crippen LogP contribution in [0.1, 0.15) is 29.8 Å². The maximum atomic E-state index is 12.5. The van der Waals surface area contributed by atoms with E-state index in [1.54, 1.807) is 37.3 Å². The lowest BCUT2D eigenvalue weighted by Crippen LogP contribution is -2.47. The molecule has 3 rings (SSSR count). The molecule has 0 aliphatic carbocycles. The molecule has 1 unspecified atom stereocenters. The lowest BCUT2D eigenvalue weighted by atomic mass is 10.1. The summed E-state index contributed by atoms with van der Waals surface area (Å²) >= 11 is 0. The van der Waals surface area contributed by atoms with E-state index in [4.69, 9.17) is 4.74 Å². The molecule has 2 amide bonds. The number of amides is 2. The van der Waals surface area contributed by atoms with Gasteiger partial charge in [-0.2, -0.15) is 0 Å². The first-order valence-corrected chi connectivity index (χ1v) is 8.34. The van der Waals surface area contributed by atoms with Gasteiger partial charge in [-0.1, -0.05) is 18.2 Å². The Bertz CT molecular complexity index is 891. The van der Waals surface area contributed by atoms with Gasteiger partial charge in [-0.25, -0.2) is 0 Å². The zero-order chi connectivity index (χ0) is 18.8. The van der Waals surface area contributed by atoms with Crippen molar-refractivity contribution in [2.75, 3.05) is 16.8 Å². The molecule has 0 spiro atoms. The molecule has 26 heavy (non-hydrogen) atoms. The Labute approximate surface area is 151 Å². The van der Waals surface area contributed by atoms with Gasteiger partial charge < -0.3 is 10.1 Å². The standard InChI is InChI=1S/C20H20N2O4/c1-12-7-8-18-17(9-12)22(20(25)14(3)26-18)11-19(24)21-16-6-4-5-15(10-16)13(2)23/h4-10,14H,11H2,1-3H3,(H,21,24). The second kappa shape index (κ2) is 7.00. The Morgan fingerprint density at radius 2 is 1.96 bits per heavy atom. The number of ketones is 1. The van der Waals surface area contributed by atoms with Crippen molar-refractivity contribution in [3.8, 4) is 5.75 Å². The second-order valence-corrected chi connectivity index (χ2v) is 6.34. The number of nitrogens with one attached hydrogen (secondary N) is 1. The topological polar surface area (TPSA) is 75.7 Å². The molecule has 134 valence electrons. The molecule has 0 fully saturated rings. The molecule has 0 saturated heterocycles. The van der Waals surface area contributed by atoms with E-state index >= 15 is 0 Å². The van der Waals surface area contributed by atoms with Crippen LogP contribution in [0.3, 0.4) is 0 Å². The SMILES string of the molecule is CC(=O)c1cccc(NC(=O)CN2C(=O)C(C)Oc3ccc(C)cc32)c1. The molecule has 2 aromatic rings. The third kappa shape index (κ3) is 3.59. The number of hydrogen-bond donors (Lipinski definition) is 1. The van der Waals surface area contributed by atoms with Gasteiger partial charge >= 0.3 is 0 Å². The quantitative estimate of drug-likeness (QED) is 0.859. The van der Waals surface area contributed by atoms with Gasteiger partial charge in [0.15, 0.2) is 11.9 Å². The summed E-state index contributed by atoms with van der Waals surface area (Å²) in [5.41, 5.74) is 2.58. The summed E-state index contributed by atoms with van der Waals surface area (Å²) in [6, 6.07) is 12.2. The van der Waals surface area contributed by atoms with Crippen molar-refractivity contribution in [3.63, 3.8) is 0 Å². The molecule has 0 radical (unpaired) electrons. The zero-order valence-electron chi connectivity index (χ0n) is 14.9. The van der Waals surface area contributed by atoms with Crippen LogP contribution in [0.2, 0.25) is 0 Å². The van der Waals surface area contributed by atoms with E-state index in [1.807, 2.05) is 19.1 Å². The molecule has 1 aliphatic heterocycles. The average molecular weight is 352 g/mol. The van der Waals surface area contributed by atoms with Crippen LogP contribution in [0.4, 0.5) is 11.4 Å². The van der Waals surface area contributed by atoms with Crippen LogP contribution in [0.5, 0.6) is 5.75 Å². The number of Topliss-reactive ketones (excluding diaryl/α,β-unsaturated/α-hetero) is 1. The fourth-order valence-electron chi connectivity index (χ4n) is 2.84. The monoisotopic (exact) mass is 352 g/mol. The first kappa shape index (κ1) is 17.7. The van der Waals surface area contributed by atoms with E-state index in [2.05, 4.69) is 5.32 Å². The smallest absolute Gasteiger partial charge is 0.268 e. The number of anilines is 2. The molecule has 6 nitrogen and oxygen atoms in total. The molecule has 0 saturated carbocycles. The third-order valence-electron chi connectivity index (χ3n) is 4.18. The van der Waals surface area contributed by atoms with Crippen molar-refractivity contribution in [2.45, 2.75) is 26.9 Å². The minimum Gasteiger partial charge on any atom is -0.479 e. The van der Waals surface area contributed by atoms with E-state index in [0.717, 1.165) is 5.56 Å². The predicted molar refractivity (Wildman–Crippen MR) is 98.7 cm³/mol. The molecular formula is C20H20N2O4. The van der Waals surface area contributed by atoms with Crippen molar-refractivity contribution in [1.82, 2.24) is 0 Å². The number of rotatable bonds is 4. The highest BCUT2D eigenvalue weighted by Gasteiger charge is 2.32. The van der Waals surface area contributed by atoms with Gasteiger partial charge in [-0.05, 0) is 50.6 Å². The van der Waals surface area contributed by atoms with Gasteiger partial charge in [0.05, 0.1) is 5.69 Å². The Morgan fingerprint density at radius 3 is 2.69 bits per heavy atom. The van der Waals surface area contributed by atoms with Gasteiger partial charge in [-0.3, -0.25) is 19.3 Å². The lowest BCUT2D eigenvalue weighted by molar-refractivity contribution is -0.127. The highest BCUT2D eigenvalue weighted by atomic mass is 16.5. The van der Waals surface area contributed by atoms with Crippen LogP contribution in [0, 0.1) is 6.92 Å². The highest BCUT2D eigenvalue weighted by Crippen LogP contribution is 2.34. The van der Waals surface area contributed by atoms with Crippen LogP contribution >= 0.6 is 0 Å². The molecular weight excluding hydrogens is 332 g/mol. The summed E-state index contributed by atoms with van der Waals surface area (Å²) < 4.78 is 5.61. The van der Waals surface area contributed by atoms with Crippen LogP contribution in [0.25, 0.3) is 0 Å². The van der Waals surface area contributed by atoms with E-state index in [1.165, 1.54) is 11.8 Å². The van der Waals surface area contributed by atoms with E-state index in [-0.39, 0.29) is 24.1 Å². The number of aryl methyl sites for hydroxylation is 1. The Kier molecular flexibility index (Phi) is 4.75.